The second-order valence-electron chi connectivity index (χ2n) is 7.87. The van der Waals surface area contributed by atoms with E-state index in [2.05, 4.69) is 0 Å². The Morgan fingerprint density at radius 1 is 1.00 bits per heavy atom. The predicted octanol–water partition coefficient (Wildman–Crippen LogP) is 3.16. The number of thioether (sulfide) groups is 1. The van der Waals surface area contributed by atoms with Crippen LogP contribution in [0.15, 0.2) is 35.2 Å². The zero-order chi connectivity index (χ0) is 17.9. The largest absolute Gasteiger partial charge is 0.349 e. The molecule has 1 aromatic carbocycles. The molecule has 3 fully saturated rings. The van der Waals surface area contributed by atoms with Crippen molar-refractivity contribution in [1.29, 1.82) is 0 Å². The number of rotatable bonds is 2. The molecule has 0 aromatic heterocycles. The van der Waals surface area contributed by atoms with Gasteiger partial charge in [0, 0.05) is 11.3 Å². The van der Waals surface area contributed by atoms with Crippen molar-refractivity contribution in [2.45, 2.75) is 73.6 Å². The van der Waals surface area contributed by atoms with Crippen molar-refractivity contribution in [3.63, 3.8) is 0 Å². The Bertz CT molecular complexity index is 674. The average Bonchev–Trinajstić information content (AvgIpc) is 2.86. The molecular formula is C19H24O5S. The van der Waals surface area contributed by atoms with E-state index in [0.717, 1.165) is 4.90 Å². The monoisotopic (exact) mass is 364 g/mol. The highest BCUT2D eigenvalue weighted by Crippen LogP contribution is 2.52. The van der Waals surface area contributed by atoms with Crippen molar-refractivity contribution in [2.75, 3.05) is 6.61 Å². The molecule has 0 amide bonds. The first kappa shape index (κ1) is 17.5. The fourth-order valence-electron chi connectivity index (χ4n) is 3.85. The van der Waals surface area contributed by atoms with Crippen LogP contribution < -0.4 is 0 Å². The van der Waals surface area contributed by atoms with Gasteiger partial charge in [-0.2, -0.15) is 0 Å². The third-order valence-electron chi connectivity index (χ3n) is 4.88. The van der Waals surface area contributed by atoms with Gasteiger partial charge in [-0.3, -0.25) is 4.79 Å². The van der Waals surface area contributed by atoms with Gasteiger partial charge in [0.05, 0.1) is 11.4 Å². The van der Waals surface area contributed by atoms with E-state index >= 15 is 0 Å². The number of carbonyl (C=O) groups is 1. The minimum atomic E-state index is -0.787. The van der Waals surface area contributed by atoms with Crippen LogP contribution in [0.25, 0.3) is 0 Å². The van der Waals surface area contributed by atoms with Crippen molar-refractivity contribution in [2.24, 2.45) is 0 Å². The van der Waals surface area contributed by atoms with Gasteiger partial charge in [0.2, 0.25) is 0 Å². The highest BCUT2D eigenvalue weighted by atomic mass is 32.2. The lowest BCUT2D eigenvalue weighted by molar-refractivity contribution is -0.307. The summed E-state index contributed by atoms with van der Waals surface area (Å²) in [6, 6.07) is 10.1. The number of hydrogen-bond donors (Lipinski definition) is 0. The van der Waals surface area contributed by atoms with Crippen molar-refractivity contribution in [1.82, 2.24) is 0 Å². The molecule has 1 saturated carbocycles. The Balaban J connectivity index is 1.72. The third-order valence-corrected chi connectivity index (χ3v) is 6.28. The maximum absolute atomic E-state index is 12.8. The fraction of sp³-hybridized carbons (Fsp3) is 0.632. The molecule has 0 bridgehead atoms. The molecule has 6 heteroatoms. The lowest BCUT2D eigenvalue weighted by Crippen LogP contribution is -2.66. The summed E-state index contributed by atoms with van der Waals surface area (Å²) in [5.74, 6) is -1.45. The van der Waals surface area contributed by atoms with E-state index in [4.69, 9.17) is 18.9 Å². The number of hydrogen-bond acceptors (Lipinski definition) is 6. The molecule has 0 spiro atoms. The van der Waals surface area contributed by atoms with Crippen molar-refractivity contribution >= 4 is 17.5 Å². The molecule has 1 aliphatic carbocycles. The number of ketones is 1. The molecule has 3 aliphatic rings. The average molecular weight is 364 g/mol. The van der Waals surface area contributed by atoms with Crippen LogP contribution in [0.1, 0.15) is 34.1 Å². The minimum Gasteiger partial charge on any atom is -0.349 e. The van der Waals surface area contributed by atoms with Crippen LogP contribution in [0, 0.1) is 0 Å². The Morgan fingerprint density at radius 2 is 1.72 bits per heavy atom. The van der Waals surface area contributed by atoms with Gasteiger partial charge < -0.3 is 18.9 Å². The molecular weight excluding hydrogens is 340 g/mol. The Morgan fingerprint density at radius 3 is 2.44 bits per heavy atom. The summed E-state index contributed by atoms with van der Waals surface area (Å²) in [4.78, 5) is 13.9. The van der Waals surface area contributed by atoms with E-state index in [1.165, 1.54) is 0 Å². The van der Waals surface area contributed by atoms with Gasteiger partial charge >= 0.3 is 0 Å². The number of carbonyl (C=O) groups excluding carboxylic acids is 1. The molecule has 2 aliphatic heterocycles. The molecule has 0 unspecified atom stereocenters. The van der Waals surface area contributed by atoms with E-state index in [0.29, 0.717) is 13.0 Å². The van der Waals surface area contributed by atoms with Crippen LogP contribution in [-0.4, -0.2) is 47.0 Å². The summed E-state index contributed by atoms with van der Waals surface area (Å²) in [6.45, 7) is 7.92. The van der Waals surface area contributed by atoms with Crippen LogP contribution in [-0.2, 0) is 23.7 Å². The number of Topliss-reactive ketones (excluding diaryl/α,β-unsaturated/α-hetero) is 1. The molecule has 4 atom stereocenters. The normalized spacial score (nSPS) is 38.9. The molecule has 4 rings (SSSR count). The first-order valence-electron chi connectivity index (χ1n) is 8.64. The number of ether oxygens (including phenoxy) is 4. The summed E-state index contributed by atoms with van der Waals surface area (Å²) in [5, 5.41) is 0. The number of benzene rings is 1. The van der Waals surface area contributed by atoms with Gasteiger partial charge in [0.15, 0.2) is 17.4 Å². The lowest BCUT2D eigenvalue weighted by atomic mass is 9.80. The Labute approximate surface area is 152 Å². The summed E-state index contributed by atoms with van der Waals surface area (Å²) in [7, 11) is 0. The van der Waals surface area contributed by atoms with Gasteiger partial charge in [0.25, 0.3) is 0 Å². The van der Waals surface area contributed by atoms with Gasteiger partial charge in [-0.15, -0.1) is 11.8 Å². The maximum atomic E-state index is 12.8. The zero-order valence-electron chi connectivity index (χ0n) is 15.0. The molecule has 0 N–H and O–H groups in total. The molecule has 2 heterocycles. The van der Waals surface area contributed by atoms with Crippen molar-refractivity contribution in [3.05, 3.63) is 30.3 Å². The SMILES string of the molecule is CC1(C)O[C@@H]2[C@H](O1)C(=O)C[C@@]1(Sc3ccccc3)COC(C)(C)O[C@H]21. The van der Waals surface area contributed by atoms with E-state index in [1.807, 2.05) is 58.0 Å². The van der Waals surface area contributed by atoms with Gasteiger partial charge in [-0.25, -0.2) is 0 Å². The molecule has 136 valence electrons. The van der Waals surface area contributed by atoms with Crippen molar-refractivity contribution in [3.8, 4) is 0 Å². The molecule has 1 aromatic rings. The minimum absolute atomic E-state index is 0.0576. The van der Waals surface area contributed by atoms with E-state index in [-0.39, 0.29) is 11.9 Å². The topological polar surface area (TPSA) is 54.0 Å². The second kappa shape index (κ2) is 5.79. The van der Waals surface area contributed by atoms with E-state index < -0.39 is 28.5 Å². The van der Waals surface area contributed by atoms with Gasteiger partial charge in [0.1, 0.15) is 18.3 Å². The fourth-order valence-corrected chi connectivity index (χ4v) is 5.24. The zero-order valence-corrected chi connectivity index (χ0v) is 15.8. The molecule has 0 radical (unpaired) electrons. The Hall–Kier alpha value is -0.920. The van der Waals surface area contributed by atoms with Gasteiger partial charge in [-0.1, -0.05) is 18.2 Å². The Kier molecular flexibility index (Phi) is 4.05. The summed E-state index contributed by atoms with van der Waals surface area (Å²) < 4.78 is 23.7. The smallest absolute Gasteiger partial charge is 0.166 e. The summed E-state index contributed by atoms with van der Waals surface area (Å²) in [5.41, 5.74) is 0. The molecule has 2 saturated heterocycles. The molecule has 5 nitrogen and oxygen atoms in total. The van der Waals surface area contributed by atoms with Crippen molar-refractivity contribution < 1.29 is 23.7 Å². The lowest BCUT2D eigenvalue weighted by Gasteiger charge is -2.52. The van der Waals surface area contributed by atoms with Crippen LogP contribution in [0.2, 0.25) is 0 Å². The predicted molar refractivity (Wildman–Crippen MR) is 93.4 cm³/mol. The first-order valence-corrected chi connectivity index (χ1v) is 9.46. The quantitative estimate of drug-likeness (QED) is 0.803. The van der Waals surface area contributed by atoms with Crippen LogP contribution in [0.4, 0.5) is 0 Å². The van der Waals surface area contributed by atoms with Crippen LogP contribution >= 0.6 is 11.8 Å². The number of fused-ring (bicyclic) bond motifs is 3. The standard InChI is InChI=1S/C19H24O5S/c1-17(2)21-11-19(25-12-8-6-5-7-9-12)10-13(20)14-15(16(19)24-17)23-18(3,4)22-14/h5-9,14-16H,10-11H2,1-4H3/t14-,15-,16-,19-/m1/s1. The highest BCUT2D eigenvalue weighted by molar-refractivity contribution is 8.00. The van der Waals surface area contributed by atoms with Crippen LogP contribution in [0.5, 0.6) is 0 Å². The summed E-state index contributed by atoms with van der Waals surface area (Å²) in [6.07, 6.45) is -0.937. The first-order chi connectivity index (χ1) is 11.7. The second-order valence-corrected chi connectivity index (χ2v) is 9.36. The van der Waals surface area contributed by atoms with Gasteiger partial charge in [-0.05, 0) is 39.8 Å². The highest BCUT2D eigenvalue weighted by Gasteiger charge is 2.63. The van der Waals surface area contributed by atoms with Crippen LogP contribution in [0.3, 0.4) is 0 Å². The maximum Gasteiger partial charge on any atom is 0.166 e. The van der Waals surface area contributed by atoms with E-state index in [9.17, 15) is 4.79 Å². The third kappa shape index (κ3) is 3.15. The van der Waals surface area contributed by atoms with E-state index in [1.54, 1.807) is 11.8 Å². The summed E-state index contributed by atoms with van der Waals surface area (Å²) >= 11 is 1.64. The molecule has 25 heavy (non-hydrogen) atoms.